The topological polar surface area (TPSA) is 47.6 Å². The van der Waals surface area contributed by atoms with Crippen molar-refractivity contribution >= 4 is 22.0 Å². The van der Waals surface area contributed by atoms with Gasteiger partial charge in [-0.1, -0.05) is 46.3 Å². The number of carbonyl (C=O) groups is 1. The number of alkyl carbamates (subject to hydrolysis) is 1. The van der Waals surface area contributed by atoms with Crippen LogP contribution >= 0.6 is 15.9 Å². The van der Waals surface area contributed by atoms with Crippen molar-refractivity contribution in [1.29, 1.82) is 0 Å². The minimum atomic E-state index is -0.450. The highest BCUT2D eigenvalue weighted by Crippen LogP contribution is 2.22. The molecule has 1 amide bonds. The van der Waals surface area contributed by atoms with Gasteiger partial charge in [-0.3, -0.25) is 0 Å². The van der Waals surface area contributed by atoms with Gasteiger partial charge in [0.15, 0.2) is 0 Å². The first kappa shape index (κ1) is 15.4. The number of hydrogen-bond acceptors (Lipinski definition) is 3. The minimum absolute atomic E-state index is 0.256. The first-order valence-corrected chi connectivity index (χ1v) is 7.25. The molecular formula is C16H16BrNO3. The molecule has 0 aliphatic carbocycles. The number of benzene rings is 2. The fourth-order valence-corrected chi connectivity index (χ4v) is 2.14. The molecule has 0 aliphatic rings. The van der Waals surface area contributed by atoms with Gasteiger partial charge in [-0.15, -0.1) is 0 Å². The van der Waals surface area contributed by atoms with E-state index in [-0.39, 0.29) is 6.61 Å². The Balaban J connectivity index is 1.84. The third-order valence-corrected chi connectivity index (χ3v) is 3.66. The van der Waals surface area contributed by atoms with Crippen LogP contribution in [-0.2, 0) is 17.9 Å². The molecule has 5 heteroatoms. The molecule has 0 aromatic heterocycles. The maximum Gasteiger partial charge on any atom is 0.407 e. The van der Waals surface area contributed by atoms with Crippen LogP contribution in [0.15, 0.2) is 53.0 Å². The lowest BCUT2D eigenvalue weighted by molar-refractivity contribution is 0.139. The number of hydrogen-bond donors (Lipinski definition) is 1. The van der Waals surface area contributed by atoms with Gasteiger partial charge in [0.25, 0.3) is 0 Å². The first-order chi connectivity index (χ1) is 10.2. The lowest BCUT2D eigenvalue weighted by atomic mass is 10.2. The zero-order valence-corrected chi connectivity index (χ0v) is 13.2. The third-order valence-electron chi connectivity index (χ3n) is 2.89. The fourth-order valence-electron chi connectivity index (χ4n) is 1.76. The zero-order chi connectivity index (χ0) is 15.1. The van der Waals surface area contributed by atoms with Crippen molar-refractivity contribution in [2.75, 3.05) is 7.11 Å². The third kappa shape index (κ3) is 4.79. The van der Waals surface area contributed by atoms with Gasteiger partial charge in [0.1, 0.15) is 12.4 Å². The van der Waals surface area contributed by atoms with Crippen molar-refractivity contribution in [3.05, 3.63) is 64.1 Å². The molecule has 0 bridgehead atoms. The van der Waals surface area contributed by atoms with Gasteiger partial charge >= 0.3 is 6.09 Å². The van der Waals surface area contributed by atoms with E-state index in [9.17, 15) is 4.79 Å². The summed E-state index contributed by atoms with van der Waals surface area (Å²) in [6.07, 6.45) is -0.450. The number of ether oxygens (including phenoxy) is 2. The molecule has 2 aromatic carbocycles. The van der Waals surface area contributed by atoms with E-state index in [4.69, 9.17) is 9.47 Å². The lowest BCUT2D eigenvalue weighted by Gasteiger charge is -2.09. The maximum atomic E-state index is 11.7. The molecule has 0 heterocycles. The van der Waals surface area contributed by atoms with E-state index in [0.717, 1.165) is 21.3 Å². The molecule has 0 aliphatic heterocycles. The van der Waals surface area contributed by atoms with Crippen molar-refractivity contribution in [3.63, 3.8) is 0 Å². The largest absolute Gasteiger partial charge is 0.497 e. The molecule has 2 aromatic rings. The summed E-state index contributed by atoms with van der Waals surface area (Å²) in [5, 5.41) is 2.71. The number of methoxy groups -OCH3 is 1. The van der Waals surface area contributed by atoms with Crippen molar-refractivity contribution in [3.8, 4) is 5.75 Å². The fraction of sp³-hybridized carbons (Fsp3) is 0.188. The van der Waals surface area contributed by atoms with E-state index in [2.05, 4.69) is 21.2 Å². The van der Waals surface area contributed by atoms with E-state index in [1.807, 2.05) is 48.5 Å². The highest BCUT2D eigenvalue weighted by molar-refractivity contribution is 9.10. The predicted molar refractivity (Wildman–Crippen MR) is 84.2 cm³/mol. The maximum absolute atomic E-state index is 11.7. The summed E-state index contributed by atoms with van der Waals surface area (Å²) >= 11 is 3.44. The van der Waals surface area contributed by atoms with E-state index >= 15 is 0 Å². The van der Waals surface area contributed by atoms with Gasteiger partial charge in [0.2, 0.25) is 0 Å². The summed E-state index contributed by atoms with van der Waals surface area (Å²) in [5.74, 6) is 0.743. The van der Waals surface area contributed by atoms with Gasteiger partial charge in [0, 0.05) is 11.0 Å². The molecule has 0 unspecified atom stereocenters. The molecule has 0 spiro atoms. The molecule has 0 saturated carbocycles. The average molecular weight is 350 g/mol. The number of halogens is 1. The number of carbonyl (C=O) groups excluding carboxylic acids is 1. The van der Waals surface area contributed by atoms with Crippen molar-refractivity contribution in [2.24, 2.45) is 0 Å². The van der Waals surface area contributed by atoms with Gasteiger partial charge in [0.05, 0.1) is 7.11 Å². The summed E-state index contributed by atoms with van der Waals surface area (Å²) in [7, 11) is 1.61. The molecule has 2 rings (SSSR count). The molecule has 110 valence electrons. The summed E-state index contributed by atoms with van der Waals surface area (Å²) in [6.45, 7) is 0.622. The monoisotopic (exact) mass is 349 g/mol. The summed E-state index contributed by atoms with van der Waals surface area (Å²) in [4.78, 5) is 11.7. The average Bonchev–Trinajstić information content (AvgIpc) is 2.53. The van der Waals surface area contributed by atoms with E-state index in [1.165, 1.54) is 0 Å². The van der Waals surface area contributed by atoms with Crippen LogP contribution in [0.25, 0.3) is 0 Å². The van der Waals surface area contributed by atoms with Crippen LogP contribution in [0.5, 0.6) is 5.75 Å². The Bertz CT molecular complexity index is 602. The Hall–Kier alpha value is -2.01. The van der Waals surface area contributed by atoms with Gasteiger partial charge in [-0.05, 0) is 29.3 Å². The van der Waals surface area contributed by atoms with Gasteiger partial charge in [-0.2, -0.15) is 0 Å². The van der Waals surface area contributed by atoms with Crippen LogP contribution in [-0.4, -0.2) is 13.2 Å². The van der Waals surface area contributed by atoms with Crippen LogP contribution in [0.1, 0.15) is 11.1 Å². The smallest absolute Gasteiger partial charge is 0.407 e. The van der Waals surface area contributed by atoms with Gasteiger partial charge in [-0.25, -0.2) is 4.79 Å². The Morgan fingerprint density at radius 1 is 1.19 bits per heavy atom. The second-order valence-electron chi connectivity index (χ2n) is 4.37. The normalized spacial score (nSPS) is 10.0. The molecule has 0 fully saturated rings. The summed E-state index contributed by atoms with van der Waals surface area (Å²) < 4.78 is 11.2. The van der Waals surface area contributed by atoms with Crippen LogP contribution in [0, 0.1) is 0 Å². The Kier molecular flexibility index (Phi) is 5.63. The molecule has 1 N–H and O–H groups in total. The minimum Gasteiger partial charge on any atom is -0.497 e. The number of rotatable bonds is 5. The van der Waals surface area contributed by atoms with E-state index in [1.54, 1.807) is 7.11 Å². The first-order valence-electron chi connectivity index (χ1n) is 6.46. The second-order valence-corrected chi connectivity index (χ2v) is 5.23. The van der Waals surface area contributed by atoms with Crippen molar-refractivity contribution in [2.45, 2.75) is 13.2 Å². The highest BCUT2D eigenvalue weighted by Gasteiger charge is 2.06. The molecule has 21 heavy (non-hydrogen) atoms. The summed E-state index contributed by atoms with van der Waals surface area (Å²) in [6, 6.07) is 15.1. The summed E-state index contributed by atoms with van der Waals surface area (Å²) in [5.41, 5.74) is 1.88. The number of nitrogens with one attached hydrogen (secondary N) is 1. The zero-order valence-electron chi connectivity index (χ0n) is 11.6. The molecular weight excluding hydrogens is 334 g/mol. The molecule has 4 nitrogen and oxygen atoms in total. The van der Waals surface area contributed by atoms with Crippen molar-refractivity contribution in [1.82, 2.24) is 5.32 Å². The van der Waals surface area contributed by atoms with Crippen LogP contribution in [0.4, 0.5) is 4.79 Å². The lowest BCUT2D eigenvalue weighted by Crippen LogP contribution is -2.23. The number of amides is 1. The predicted octanol–water partition coefficient (Wildman–Crippen LogP) is 3.88. The molecule has 0 saturated heterocycles. The highest BCUT2D eigenvalue weighted by atomic mass is 79.9. The van der Waals surface area contributed by atoms with E-state index < -0.39 is 6.09 Å². The second kappa shape index (κ2) is 7.69. The molecule has 0 radical (unpaired) electrons. The molecule has 0 atom stereocenters. The Labute approximate surface area is 132 Å². The standard InChI is InChI=1S/C16H16BrNO3/c1-20-14-7-8-15(17)13(9-14)10-18-16(19)21-11-12-5-3-2-4-6-12/h2-9H,10-11H2,1H3,(H,18,19). The SMILES string of the molecule is COc1ccc(Br)c(CNC(=O)OCc2ccccc2)c1. The quantitative estimate of drug-likeness (QED) is 0.890. The Morgan fingerprint density at radius 2 is 1.95 bits per heavy atom. The van der Waals surface area contributed by atoms with Gasteiger partial charge < -0.3 is 14.8 Å². The van der Waals surface area contributed by atoms with Crippen LogP contribution in [0.3, 0.4) is 0 Å². The van der Waals surface area contributed by atoms with Crippen molar-refractivity contribution < 1.29 is 14.3 Å². The van der Waals surface area contributed by atoms with Crippen LogP contribution in [0.2, 0.25) is 0 Å². The van der Waals surface area contributed by atoms with E-state index in [0.29, 0.717) is 6.54 Å². The van der Waals surface area contributed by atoms with Crippen LogP contribution < -0.4 is 10.1 Å². The Morgan fingerprint density at radius 3 is 2.67 bits per heavy atom.